The predicted octanol–water partition coefficient (Wildman–Crippen LogP) is 3.71. The van der Waals surface area contributed by atoms with Crippen LogP contribution in [0.3, 0.4) is 0 Å². The quantitative estimate of drug-likeness (QED) is 0.686. The second-order valence-corrected chi connectivity index (χ2v) is 7.25. The number of hydrogen-bond donors (Lipinski definition) is 0. The molecule has 1 amide bonds. The Morgan fingerprint density at radius 1 is 1.03 bits per heavy atom. The first-order valence-corrected chi connectivity index (χ1v) is 10.1. The molecule has 0 aliphatic carbocycles. The Labute approximate surface area is 176 Å². The second-order valence-electron chi connectivity index (χ2n) is 6.84. The predicted molar refractivity (Wildman–Crippen MR) is 113 cm³/mol. The highest BCUT2D eigenvalue weighted by atomic mass is 35.5. The van der Waals surface area contributed by atoms with Crippen molar-refractivity contribution in [3.8, 4) is 17.2 Å². The van der Waals surface area contributed by atoms with Gasteiger partial charge in [0.25, 0.3) is 5.91 Å². The first-order valence-electron chi connectivity index (χ1n) is 9.70. The van der Waals surface area contributed by atoms with Crippen LogP contribution in [0, 0.1) is 0 Å². The van der Waals surface area contributed by atoms with Gasteiger partial charge in [0.1, 0.15) is 5.75 Å². The molecule has 1 saturated heterocycles. The van der Waals surface area contributed by atoms with Crippen molar-refractivity contribution >= 4 is 17.5 Å². The fourth-order valence-corrected chi connectivity index (χ4v) is 3.67. The average Bonchev–Trinajstić information content (AvgIpc) is 2.75. The molecule has 7 heteroatoms. The van der Waals surface area contributed by atoms with E-state index in [0.29, 0.717) is 41.8 Å². The van der Waals surface area contributed by atoms with E-state index in [1.54, 1.807) is 26.4 Å². The van der Waals surface area contributed by atoms with E-state index in [1.807, 2.05) is 24.0 Å². The smallest absolute Gasteiger partial charge is 0.254 e. The van der Waals surface area contributed by atoms with E-state index in [4.69, 9.17) is 25.8 Å². The number of ether oxygens (including phenoxy) is 3. The highest BCUT2D eigenvalue weighted by molar-refractivity contribution is 6.32. The summed E-state index contributed by atoms with van der Waals surface area (Å²) < 4.78 is 16.1. The lowest BCUT2D eigenvalue weighted by atomic mass is 10.1. The van der Waals surface area contributed by atoms with Crippen LogP contribution in [0.1, 0.15) is 22.8 Å². The highest BCUT2D eigenvalue weighted by Gasteiger charge is 2.24. The first-order chi connectivity index (χ1) is 14.0. The van der Waals surface area contributed by atoms with Gasteiger partial charge in [-0.05, 0) is 36.8 Å². The number of nitrogens with zero attached hydrogens (tertiary/aromatic N) is 2. The monoisotopic (exact) mass is 418 g/mol. The maximum absolute atomic E-state index is 13.0. The fourth-order valence-electron chi connectivity index (χ4n) is 3.41. The maximum Gasteiger partial charge on any atom is 0.254 e. The lowest BCUT2D eigenvalue weighted by Crippen LogP contribution is -2.48. The molecule has 2 aromatic carbocycles. The van der Waals surface area contributed by atoms with E-state index in [2.05, 4.69) is 17.0 Å². The van der Waals surface area contributed by atoms with Gasteiger partial charge < -0.3 is 19.1 Å². The van der Waals surface area contributed by atoms with E-state index in [-0.39, 0.29) is 5.91 Å². The standard InChI is InChI=1S/C22H27ClN2O4/c1-4-29-21-19(23)13-17(14-20(21)28-3)22(26)25-11-9-24(10-12-25)15-16-5-7-18(27-2)8-6-16/h5-8,13-14H,4,9-12,15H2,1-3H3. The number of halogens is 1. The summed E-state index contributed by atoms with van der Waals surface area (Å²) in [6, 6.07) is 11.4. The molecule has 0 N–H and O–H groups in total. The molecule has 0 radical (unpaired) electrons. The van der Waals surface area contributed by atoms with Crippen LogP contribution < -0.4 is 14.2 Å². The van der Waals surface area contributed by atoms with Gasteiger partial charge >= 0.3 is 0 Å². The van der Waals surface area contributed by atoms with Crippen LogP contribution >= 0.6 is 11.6 Å². The SMILES string of the molecule is CCOc1c(Cl)cc(C(=O)N2CCN(Cc3ccc(OC)cc3)CC2)cc1OC. The van der Waals surface area contributed by atoms with Gasteiger partial charge in [-0.15, -0.1) is 0 Å². The topological polar surface area (TPSA) is 51.2 Å². The minimum absolute atomic E-state index is 0.0441. The number of carbonyl (C=O) groups excluding carboxylic acids is 1. The van der Waals surface area contributed by atoms with Crippen molar-refractivity contribution in [2.45, 2.75) is 13.5 Å². The molecule has 1 fully saturated rings. The number of methoxy groups -OCH3 is 2. The van der Waals surface area contributed by atoms with Crippen LogP contribution in [0.25, 0.3) is 0 Å². The molecule has 29 heavy (non-hydrogen) atoms. The molecule has 1 aliphatic heterocycles. The van der Waals surface area contributed by atoms with Crippen LogP contribution in [-0.2, 0) is 6.54 Å². The molecule has 0 aromatic heterocycles. The van der Waals surface area contributed by atoms with Gasteiger partial charge in [-0.25, -0.2) is 0 Å². The number of benzene rings is 2. The minimum atomic E-state index is -0.0441. The van der Waals surface area contributed by atoms with E-state index in [9.17, 15) is 4.79 Å². The van der Waals surface area contributed by atoms with Crippen molar-refractivity contribution in [1.82, 2.24) is 9.80 Å². The van der Waals surface area contributed by atoms with Crippen LogP contribution in [0.2, 0.25) is 5.02 Å². The lowest BCUT2D eigenvalue weighted by molar-refractivity contribution is 0.0628. The number of carbonyl (C=O) groups is 1. The molecule has 0 bridgehead atoms. The van der Waals surface area contributed by atoms with E-state index < -0.39 is 0 Å². The summed E-state index contributed by atoms with van der Waals surface area (Å²) in [5, 5.41) is 0.382. The fraction of sp³-hybridized carbons (Fsp3) is 0.409. The molecule has 3 rings (SSSR count). The molecular formula is C22H27ClN2O4. The number of amides is 1. The van der Waals surface area contributed by atoms with Crippen molar-refractivity contribution in [3.05, 3.63) is 52.5 Å². The Hall–Kier alpha value is -2.44. The summed E-state index contributed by atoms with van der Waals surface area (Å²) in [4.78, 5) is 17.2. The van der Waals surface area contributed by atoms with Gasteiger partial charge in [0.05, 0.1) is 25.8 Å². The Morgan fingerprint density at radius 2 is 1.72 bits per heavy atom. The summed E-state index contributed by atoms with van der Waals surface area (Å²) in [5.74, 6) is 1.75. The summed E-state index contributed by atoms with van der Waals surface area (Å²) in [7, 11) is 3.21. The van der Waals surface area contributed by atoms with Gasteiger partial charge in [0.15, 0.2) is 11.5 Å². The third-order valence-electron chi connectivity index (χ3n) is 4.99. The Morgan fingerprint density at radius 3 is 2.31 bits per heavy atom. The molecule has 0 spiro atoms. The third kappa shape index (κ3) is 5.14. The normalized spacial score (nSPS) is 14.6. The Kier molecular flexibility index (Phi) is 7.23. The van der Waals surface area contributed by atoms with Crippen LogP contribution in [0.4, 0.5) is 0 Å². The molecule has 6 nitrogen and oxygen atoms in total. The molecule has 0 atom stereocenters. The zero-order valence-electron chi connectivity index (χ0n) is 17.1. The van der Waals surface area contributed by atoms with E-state index >= 15 is 0 Å². The molecule has 156 valence electrons. The Bertz CT molecular complexity index is 833. The van der Waals surface area contributed by atoms with E-state index in [1.165, 1.54) is 5.56 Å². The zero-order chi connectivity index (χ0) is 20.8. The lowest BCUT2D eigenvalue weighted by Gasteiger charge is -2.35. The third-order valence-corrected chi connectivity index (χ3v) is 5.27. The summed E-state index contributed by atoms with van der Waals surface area (Å²) in [6.07, 6.45) is 0. The van der Waals surface area contributed by atoms with Gasteiger partial charge in [-0.3, -0.25) is 9.69 Å². The highest BCUT2D eigenvalue weighted by Crippen LogP contribution is 2.36. The van der Waals surface area contributed by atoms with Crippen molar-refractivity contribution < 1.29 is 19.0 Å². The van der Waals surface area contributed by atoms with Gasteiger partial charge in [-0.1, -0.05) is 23.7 Å². The van der Waals surface area contributed by atoms with Crippen molar-refractivity contribution in [2.24, 2.45) is 0 Å². The largest absolute Gasteiger partial charge is 0.497 e. The van der Waals surface area contributed by atoms with Crippen LogP contribution in [0.5, 0.6) is 17.2 Å². The molecule has 2 aromatic rings. The summed E-state index contributed by atoms with van der Waals surface area (Å²) in [6.45, 7) is 6.18. The molecule has 1 heterocycles. The zero-order valence-corrected chi connectivity index (χ0v) is 17.9. The first kappa shape index (κ1) is 21.3. The molecular weight excluding hydrogens is 392 g/mol. The second kappa shape index (κ2) is 9.85. The van der Waals surface area contributed by atoms with Gasteiger partial charge in [0.2, 0.25) is 0 Å². The Balaban J connectivity index is 1.61. The minimum Gasteiger partial charge on any atom is -0.497 e. The summed E-state index contributed by atoms with van der Waals surface area (Å²) >= 11 is 6.32. The number of rotatable bonds is 7. The van der Waals surface area contributed by atoms with Crippen LogP contribution in [-0.4, -0.2) is 62.7 Å². The van der Waals surface area contributed by atoms with Crippen molar-refractivity contribution in [3.63, 3.8) is 0 Å². The van der Waals surface area contributed by atoms with E-state index in [0.717, 1.165) is 25.4 Å². The van der Waals surface area contributed by atoms with Crippen LogP contribution in [0.15, 0.2) is 36.4 Å². The number of hydrogen-bond acceptors (Lipinski definition) is 5. The van der Waals surface area contributed by atoms with Gasteiger partial charge in [0, 0.05) is 38.3 Å². The number of piperazine rings is 1. The molecule has 0 unspecified atom stereocenters. The maximum atomic E-state index is 13.0. The van der Waals surface area contributed by atoms with Crippen molar-refractivity contribution in [1.29, 1.82) is 0 Å². The van der Waals surface area contributed by atoms with Crippen molar-refractivity contribution in [2.75, 3.05) is 47.0 Å². The molecule has 0 saturated carbocycles. The average molecular weight is 419 g/mol. The van der Waals surface area contributed by atoms with Gasteiger partial charge in [-0.2, -0.15) is 0 Å². The molecule has 1 aliphatic rings. The summed E-state index contributed by atoms with van der Waals surface area (Å²) in [5.41, 5.74) is 1.74.